The maximum Gasteiger partial charge on any atom is 0.0468 e. The first-order valence-corrected chi connectivity index (χ1v) is 16.5. The van der Waals surface area contributed by atoms with Gasteiger partial charge in [-0.3, -0.25) is 0 Å². The summed E-state index contributed by atoms with van der Waals surface area (Å²) in [5.41, 5.74) is 8.23. The Morgan fingerprint density at radius 2 is 0.957 bits per heavy atom. The normalized spacial score (nSPS) is 11.5. The van der Waals surface area contributed by atoms with E-state index in [9.17, 15) is 0 Å². The molecule has 2 heteroatoms. The number of nitrogens with zero attached hydrogens (tertiary/aromatic N) is 1. The zero-order valence-electron chi connectivity index (χ0n) is 25.1. The van der Waals surface area contributed by atoms with Crippen LogP contribution in [0.25, 0.3) is 64.0 Å². The van der Waals surface area contributed by atoms with Crippen molar-refractivity contribution in [3.8, 4) is 22.3 Å². The van der Waals surface area contributed by atoms with Gasteiger partial charge >= 0.3 is 0 Å². The highest BCUT2D eigenvalue weighted by Crippen LogP contribution is 2.43. The maximum atomic E-state index is 2.39. The third kappa shape index (κ3) is 4.63. The van der Waals surface area contributed by atoms with Crippen LogP contribution in [0.2, 0.25) is 0 Å². The molecule has 216 valence electrons. The summed E-state index contributed by atoms with van der Waals surface area (Å²) in [7, 11) is 0. The summed E-state index contributed by atoms with van der Waals surface area (Å²) in [6.45, 7) is 0. The van der Waals surface area contributed by atoms with Crippen molar-refractivity contribution in [3.63, 3.8) is 0 Å². The summed E-state index contributed by atoms with van der Waals surface area (Å²) in [5, 5.41) is 7.72. The smallest absolute Gasteiger partial charge is 0.0468 e. The van der Waals surface area contributed by atoms with Gasteiger partial charge in [0.15, 0.2) is 0 Å². The fourth-order valence-corrected chi connectivity index (χ4v) is 7.92. The molecule has 9 rings (SSSR count). The lowest BCUT2D eigenvalue weighted by atomic mass is 10.0. The number of hydrogen-bond acceptors (Lipinski definition) is 2. The lowest BCUT2D eigenvalue weighted by Crippen LogP contribution is -2.10. The van der Waals surface area contributed by atoms with Crippen LogP contribution in [0.3, 0.4) is 0 Å². The average Bonchev–Trinajstić information content (AvgIpc) is 3.51. The monoisotopic (exact) mass is 603 g/mol. The second-order valence-electron chi connectivity index (χ2n) is 11.8. The van der Waals surface area contributed by atoms with Gasteiger partial charge < -0.3 is 4.90 Å². The Hall–Kier alpha value is -5.70. The molecule has 0 radical (unpaired) electrons. The van der Waals surface area contributed by atoms with E-state index in [2.05, 4.69) is 181 Å². The Labute approximate surface area is 272 Å². The highest BCUT2D eigenvalue weighted by Gasteiger charge is 2.17. The molecule has 8 aromatic carbocycles. The molecule has 1 nitrogen and oxygen atoms in total. The van der Waals surface area contributed by atoms with Crippen molar-refractivity contribution in [1.82, 2.24) is 0 Å². The number of fused-ring (bicyclic) bond motifs is 6. The van der Waals surface area contributed by atoms with Gasteiger partial charge in [0.2, 0.25) is 0 Å². The Balaban J connectivity index is 1.20. The molecular formula is C44H29NS. The molecule has 0 atom stereocenters. The predicted molar refractivity (Wildman–Crippen MR) is 200 cm³/mol. The van der Waals surface area contributed by atoms with Crippen LogP contribution in [-0.2, 0) is 0 Å². The van der Waals surface area contributed by atoms with Crippen molar-refractivity contribution >= 4 is 70.1 Å². The largest absolute Gasteiger partial charge is 0.310 e. The van der Waals surface area contributed by atoms with Gasteiger partial charge in [0, 0.05) is 37.2 Å². The summed E-state index contributed by atoms with van der Waals surface area (Å²) in [4.78, 5) is 2.39. The average molecular weight is 604 g/mol. The number of anilines is 3. The molecule has 0 unspecified atom stereocenters. The van der Waals surface area contributed by atoms with Gasteiger partial charge in [-0.25, -0.2) is 0 Å². The van der Waals surface area contributed by atoms with E-state index in [0.717, 1.165) is 17.1 Å². The Morgan fingerprint density at radius 1 is 0.326 bits per heavy atom. The first-order chi connectivity index (χ1) is 22.8. The highest BCUT2D eigenvalue weighted by molar-refractivity contribution is 7.26. The Morgan fingerprint density at radius 3 is 1.83 bits per heavy atom. The van der Waals surface area contributed by atoms with E-state index >= 15 is 0 Å². The lowest BCUT2D eigenvalue weighted by Gasteiger charge is -2.26. The van der Waals surface area contributed by atoms with Crippen molar-refractivity contribution in [2.75, 3.05) is 4.90 Å². The van der Waals surface area contributed by atoms with E-state index in [-0.39, 0.29) is 0 Å². The SMILES string of the molecule is c1ccc(-c2cccc(N(c3ccc(-c4ccc5ccccc5c4)cc3)c3ccc4sc5c6ccccc6ccc5c4c3)c2)cc1. The molecule has 1 heterocycles. The zero-order chi connectivity index (χ0) is 30.5. The summed E-state index contributed by atoms with van der Waals surface area (Å²) in [6.07, 6.45) is 0. The van der Waals surface area contributed by atoms with Crippen LogP contribution in [0, 0.1) is 0 Å². The predicted octanol–water partition coefficient (Wildman–Crippen LogP) is 13.2. The number of hydrogen-bond donors (Lipinski definition) is 0. The lowest BCUT2D eigenvalue weighted by molar-refractivity contribution is 1.29. The van der Waals surface area contributed by atoms with E-state index in [1.165, 1.54) is 64.0 Å². The highest BCUT2D eigenvalue weighted by atomic mass is 32.1. The topological polar surface area (TPSA) is 3.24 Å². The van der Waals surface area contributed by atoms with E-state index in [1.54, 1.807) is 0 Å². The standard InChI is InChI=1S/C44H29NS/c1-2-9-30(10-3-1)35-14-8-15-38(28-35)45(37-22-19-32(20-23-37)36-18-17-31-11-4-5-13-34(31)27-36)39-24-26-43-42(29-39)41-25-21-33-12-6-7-16-40(33)44(41)46-43/h1-29H. The molecule has 0 fully saturated rings. The van der Waals surface area contributed by atoms with Gasteiger partial charge in [0.05, 0.1) is 0 Å². The number of benzene rings is 8. The van der Waals surface area contributed by atoms with Crippen molar-refractivity contribution in [2.24, 2.45) is 0 Å². The van der Waals surface area contributed by atoms with Gasteiger partial charge in [-0.15, -0.1) is 11.3 Å². The van der Waals surface area contributed by atoms with Gasteiger partial charge in [-0.05, 0) is 92.3 Å². The quantitative estimate of drug-likeness (QED) is 0.189. The van der Waals surface area contributed by atoms with Crippen LogP contribution < -0.4 is 4.90 Å². The summed E-state index contributed by atoms with van der Waals surface area (Å²) < 4.78 is 2.65. The number of rotatable bonds is 5. The molecule has 1 aromatic heterocycles. The van der Waals surface area contributed by atoms with Crippen LogP contribution in [0.1, 0.15) is 0 Å². The molecular weight excluding hydrogens is 575 g/mol. The van der Waals surface area contributed by atoms with Gasteiger partial charge in [-0.2, -0.15) is 0 Å². The van der Waals surface area contributed by atoms with E-state index < -0.39 is 0 Å². The summed E-state index contributed by atoms with van der Waals surface area (Å²) >= 11 is 1.88. The third-order valence-corrected chi connectivity index (χ3v) is 10.2. The number of thiophene rings is 1. The Bertz CT molecular complexity index is 2530. The van der Waals surface area contributed by atoms with Crippen LogP contribution in [0.15, 0.2) is 176 Å². The minimum absolute atomic E-state index is 1.12. The minimum Gasteiger partial charge on any atom is -0.310 e. The molecule has 0 aliphatic rings. The van der Waals surface area contributed by atoms with Crippen LogP contribution in [-0.4, -0.2) is 0 Å². The summed E-state index contributed by atoms with van der Waals surface area (Å²) in [6, 6.07) is 63.9. The fourth-order valence-electron chi connectivity index (χ4n) is 6.71. The molecule has 0 aliphatic carbocycles. The fraction of sp³-hybridized carbons (Fsp3) is 0. The minimum atomic E-state index is 1.12. The molecule has 0 aliphatic heterocycles. The van der Waals surface area contributed by atoms with E-state index in [1.807, 2.05) is 11.3 Å². The van der Waals surface area contributed by atoms with Gasteiger partial charge in [-0.1, -0.05) is 127 Å². The van der Waals surface area contributed by atoms with Crippen molar-refractivity contribution in [3.05, 3.63) is 176 Å². The van der Waals surface area contributed by atoms with Gasteiger partial charge in [0.1, 0.15) is 0 Å². The first kappa shape index (κ1) is 26.7. The van der Waals surface area contributed by atoms with Crippen LogP contribution >= 0.6 is 11.3 Å². The molecule has 0 amide bonds. The van der Waals surface area contributed by atoms with Crippen LogP contribution in [0.4, 0.5) is 17.1 Å². The Kier molecular flexibility index (Phi) is 6.40. The molecule has 0 saturated carbocycles. The molecule has 0 bridgehead atoms. The van der Waals surface area contributed by atoms with Crippen molar-refractivity contribution in [2.45, 2.75) is 0 Å². The molecule has 46 heavy (non-hydrogen) atoms. The third-order valence-electron chi connectivity index (χ3n) is 9.02. The van der Waals surface area contributed by atoms with Crippen molar-refractivity contribution in [1.29, 1.82) is 0 Å². The zero-order valence-corrected chi connectivity index (χ0v) is 25.9. The maximum absolute atomic E-state index is 2.39. The first-order valence-electron chi connectivity index (χ1n) is 15.7. The second-order valence-corrected chi connectivity index (χ2v) is 12.9. The van der Waals surface area contributed by atoms with E-state index in [4.69, 9.17) is 0 Å². The molecule has 0 saturated heterocycles. The molecule has 9 aromatic rings. The summed E-state index contributed by atoms with van der Waals surface area (Å²) in [5.74, 6) is 0. The van der Waals surface area contributed by atoms with Crippen molar-refractivity contribution < 1.29 is 0 Å². The molecule has 0 spiro atoms. The second kappa shape index (κ2) is 11.0. The van der Waals surface area contributed by atoms with Gasteiger partial charge in [0.25, 0.3) is 0 Å². The van der Waals surface area contributed by atoms with Crippen LogP contribution in [0.5, 0.6) is 0 Å². The molecule has 0 N–H and O–H groups in total. The van der Waals surface area contributed by atoms with E-state index in [0.29, 0.717) is 0 Å².